The molecule has 0 radical (unpaired) electrons. The van der Waals surface area contributed by atoms with Gasteiger partial charge in [0, 0.05) is 32.7 Å². The van der Waals surface area contributed by atoms with Crippen LogP contribution in [0.25, 0.3) is 0 Å². The van der Waals surface area contributed by atoms with Gasteiger partial charge in [-0.05, 0) is 18.9 Å². The van der Waals surface area contributed by atoms with Gasteiger partial charge in [0.25, 0.3) is 0 Å². The molecule has 1 N–H and O–H groups in total. The third-order valence-electron chi connectivity index (χ3n) is 9.02. The first-order valence-corrected chi connectivity index (χ1v) is 14.2. The van der Waals surface area contributed by atoms with Crippen molar-refractivity contribution in [2.75, 3.05) is 59.2 Å². The van der Waals surface area contributed by atoms with Gasteiger partial charge in [-0.15, -0.1) is 0 Å². The number of fused-ring (bicyclic) bond motifs is 2. The first kappa shape index (κ1) is 27.1. The fraction of sp³-hybridized carbons (Fsp3) is 0.567. The third-order valence-corrected chi connectivity index (χ3v) is 9.02. The average Bonchev–Trinajstić information content (AvgIpc) is 3.28. The summed E-state index contributed by atoms with van der Waals surface area (Å²) >= 11 is 0. The zero-order valence-electron chi connectivity index (χ0n) is 22.8. The van der Waals surface area contributed by atoms with Gasteiger partial charge in [-0.25, -0.2) is 0 Å². The Morgan fingerprint density at radius 1 is 0.975 bits per heavy atom. The van der Waals surface area contributed by atoms with Gasteiger partial charge in [-0.3, -0.25) is 19.3 Å². The Balaban J connectivity index is 1.43. The van der Waals surface area contributed by atoms with E-state index in [0.717, 1.165) is 13.1 Å². The maximum absolute atomic E-state index is 14.5. The zero-order valence-corrected chi connectivity index (χ0v) is 22.8. The van der Waals surface area contributed by atoms with E-state index in [1.54, 1.807) is 11.8 Å². The number of aliphatic hydroxyl groups excluding tert-OH is 1. The fourth-order valence-electron chi connectivity index (χ4n) is 7.13. The smallest absolute Gasteiger partial charge is 0.313 e. The van der Waals surface area contributed by atoms with Gasteiger partial charge in [0.1, 0.15) is 17.6 Å². The monoisotopic (exact) mass is 551 g/mol. The second-order valence-electron chi connectivity index (χ2n) is 11.4. The summed E-state index contributed by atoms with van der Waals surface area (Å²) < 4.78 is 17.8. The summed E-state index contributed by atoms with van der Waals surface area (Å²) in [6.45, 7) is 6.07. The Morgan fingerprint density at radius 2 is 1.75 bits per heavy atom. The van der Waals surface area contributed by atoms with E-state index in [4.69, 9.17) is 14.2 Å². The molecule has 214 valence electrons. The van der Waals surface area contributed by atoms with Crippen molar-refractivity contribution in [3.8, 4) is 0 Å². The van der Waals surface area contributed by atoms with Crippen LogP contribution in [0.1, 0.15) is 24.9 Å². The standard InChI is InChI=1S/C30H37N3O7/c1-29-10-5-6-17-39-28(37)24(29)23-26(35)33(22(20-34)21-8-3-2-4-9-21)25-27(36)32(12-7-11-30(23,25)40-29)14-13-31-15-18-38-19-16-31/h2-5,7-11,22-25,34H,6,12-20H2,1H3/t22-,23+,24-,25?,29+,30+/m1/s1. The minimum atomic E-state index is -1.39. The number of rotatable bonds is 6. The predicted octanol–water partition coefficient (Wildman–Crippen LogP) is 0.925. The summed E-state index contributed by atoms with van der Waals surface area (Å²) in [6, 6.07) is 7.36. The quantitative estimate of drug-likeness (QED) is 0.411. The molecule has 3 fully saturated rings. The van der Waals surface area contributed by atoms with Crippen molar-refractivity contribution in [2.45, 2.75) is 36.6 Å². The molecule has 0 aliphatic carbocycles. The van der Waals surface area contributed by atoms with Crippen molar-refractivity contribution in [3.63, 3.8) is 0 Å². The Labute approximate surface area is 234 Å². The lowest BCUT2D eigenvalue weighted by Crippen LogP contribution is -2.57. The highest BCUT2D eigenvalue weighted by Gasteiger charge is 2.75. The lowest BCUT2D eigenvalue weighted by atomic mass is 9.74. The average molecular weight is 552 g/mol. The Bertz CT molecular complexity index is 1200. The molecule has 1 aromatic carbocycles. The predicted molar refractivity (Wildman–Crippen MR) is 144 cm³/mol. The first-order chi connectivity index (χ1) is 19.4. The van der Waals surface area contributed by atoms with Gasteiger partial charge in [0.05, 0.1) is 44.0 Å². The second kappa shape index (κ2) is 10.7. The molecule has 40 heavy (non-hydrogen) atoms. The van der Waals surface area contributed by atoms with E-state index in [9.17, 15) is 19.5 Å². The van der Waals surface area contributed by atoms with Crippen LogP contribution in [-0.2, 0) is 28.6 Å². The molecule has 10 heteroatoms. The van der Waals surface area contributed by atoms with Crippen molar-refractivity contribution >= 4 is 17.8 Å². The number of nitrogens with zero attached hydrogens (tertiary/aromatic N) is 3. The number of carbonyl (C=O) groups is 3. The van der Waals surface area contributed by atoms with Crippen molar-refractivity contribution in [1.29, 1.82) is 0 Å². The number of ether oxygens (including phenoxy) is 3. The molecule has 2 amide bonds. The summed E-state index contributed by atoms with van der Waals surface area (Å²) in [5.74, 6) is -3.05. The van der Waals surface area contributed by atoms with Gasteiger partial charge in [0.2, 0.25) is 11.8 Å². The van der Waals surface area contributed by atoms with Gasteiger partial charge in [-0.2, -0.15) is 0 Å². The molecular weight excluding hydrogens is 514 g/mol. The van der Waals surface area contributed by atoms with Crippen molar-refractivity contribution in [1.82, 2.24) is 14.7 Å². The SMILES string of the molecule is C[C@]12C=CCCOC(=O)[C@H]1[C@H]1C(=O)N([C@H](CO)c3ccccc3)C3C(=O)N(CCN4CCOCC4)CC=C[C@@]31O2. The van der Waals surface area contributed by atoms with Gasteiger partial charge in [-0.1, -0.05) is 54.6 Å². The molecule has 10 nitrogen and oxygen atoms in total. The van der Waals surface area contributed by atoms with Crippen molar-refractivity contribution < 1.29 is 33.7 Å². The van der Waals surface area contributed by atoms with Crippen LogP contribution in [0.3, 0.4) is 0 Å². The number of hydrogen-bond donors (Lipinski definition) is 1. The molecule has 0 aromatic heterocycles. The number of esters is 1. The highest BCUT2D eigenvalue weighted by atomic mass is 16.6. The van der Waals surface area contributed by atoms with Crippen LogP contribution in [0.2, 0.25) is 0 Å². The fourth-order valence-corrected chi connectivity index (χ4v) is 7.13. The van der Waals surface area contributed by atoms with Gasteiger partial charge >= 0.3 is 5.97 Å². The van der Waals surface area contributed by atoms with Crippen LogP contribution in [-0.4, -0.2) is 114 Å². The topological polar surface area (TPSA) is 109 Å². The summed E-state index contributed by atoms with van der Waals surface area (Å²) in [5, 5.41) is 10.6. The number of likely N-dealkylation sites (tertiary alicyclic amines) is 1. The first-order valence-electron chi connectivity index (χ1n) is 14.2. The zero-order chi connectivity index (χ0) is 27.9. The molecule has 6 rings (SSSR count). The van der Waals surface area contributed by atoms with Crippen molar-refractivity contribution in [3.05, 3.63) is 60.2 Å². The number of benzene rings is 1. The molecule has 5 heterocycles. The highest BCUT2D eigenvalue weighted by molar-refractivity contribution is 5.99. The van der Waals surface area contributed by atoms with E-state index in [-0.39, 0.29) is 25.0 Å². The Kier molecular flexibility index (Phi) is 7.28. The van der Waals surface area contributed by atoms with Crippen LogP contribution < -0.4 is 0 Å². The molecule has 5 aliphatic heterocycles. The van der Waals surface area contributed by atoms with E-state index >= 15 is 0 Å². The molecule has 1 unspecified atom stereocenters. The molecule has 1 aromatic rings. The lowest BCUT2D eigenvalue weighted by molar-refractivity contribution is -0.162. The summed E-state index contributed by atoms with van der Waals surface area (Å²) in [7, 11) is 0. The molecule has 1 spiro atoms. The lowest BCUT2D eigenvalue weighted by Gasteiger charge is -2.40. The Morgan fingerprint density at radius 3 is 2.50 bits per heavy atom. The van der Waals surface area contributed by atoms with Gasteiger partial charge in [0.15, 0.2) is 0 Å². The molecule has 0 bridgehead atoms. The summed E-state index contributed by atoms with van der Waals surface area (Å²) in [4.78, 5) is 48.0. The highest BCUT2D eigenvalue weighted by Crippen LogP contribution is 2.58. The largest absolute Gasteiger partial charge is 0.465 e. The van der Waals surface area contributed by atoms with E-state index in [2.05, 4.69) is 4.90 Å². The van der Waals surface area contributed by atoms with Crippen LogP contribution in [0.4, 0.5) is 0 Å². The maximum Gasteiger partial charge on any atom is 0.313 e. The van der Waals surface area contributed by atoms with E-state index in [1.165, 1.54) is 4.90 Å². The van der Waals surface area contributed by atoms with E-state index in [1.807, 2.05) is 54.6 Å². The summed E-state index contributed by atoms with van der Waals surface area (Å²) in [5.41, 5.74) is -1.81. The maximum atomic E-state index is 14.5. The second-order valence-corrected chi connectivity index (χ2v) is 11.4. The van der Waals surface area contributed by atoms with Crippen LogP contribution >= 0.6 is 0 Å². The number of aliphatic hydroxyl groups is 1. The molecular formula is C30H37N3O7. The van der Waals surface area contributed by atoms with E-state index in [0.29, 0.717) is 44.8 Å². The van der Waals surface area contributed by atoms with Crippen LogP contribution in [0, 0.1) is 11.8 Å². The summed E-state index contributed by atoms with van der Waals surface area (Å²) in [6.07, 6.45) is 8.01. The van der Waals surface area contributed by atoms with Crippen molar-refractivity contribution in [2.24, 2.45) is 11.8 Å². The molecule has 6 atom stereocenters. The number of hydrogen-bond acceptors (Lipinski definition) is 8. The molecule has 0 saturated carbocycles. The third kappa shape index (κ3) is 4.38. The van der Waals surface area contributed by atoms with E-state index < -0.39 is 41.1 Å². The molecule has 5 aliphatic rings. The number of morpholine rings is 1. The Hall–Kier alpha value is -3.05. The van der Waals surface area contributed by atoms with Crippen LogP contribution in [0.5, 0.6) is 0 Å². The number of amides is 2. The minimum absolute atomic E-state index is 0.219. The normalized spacial score (nSPS) is 35.0. The number of carbonyl (C=O) groups excluding carboxylic acids is 3. The molecule has 3 saturated heterocycles. The van der Waals surface area contributed by atoms with Crippen LogP contribution in [0.15, 0.2) is 54.6 Å². The number of cyclic esters (lactones) is 1. The minimum Gasteiger partial charge on any atom is -0.465 e. The van der Waals surface area contributed by atoms with Gasteiger partial charge < -0.3 is 29.1 Å².